The fraction of sp³-hybridized carbons (Fsp3) is 0.353. The molecule has 0 atom stereocenters. The molecule has 3 nitrogen and oxygen atoms in total. The maximum absolute atomic E-state index is 5.82. The van der Waals surface area contributed by atoms with Crippen LogP contribution in [0.15, 0.2) is 42.6 Å². The number of nitrogens with zero attached hydrogens (tertiary/aromatic N) is 1. The summed E-state index contributed by atoms with van der Waals surface area (Å²) in [5.41, 5.74) is 3.40. The first-order valence-corrected chi connectivity index (χ1v) is 7.12. The lowest BCUT2D eigenvalue weighted by Gasteiger charge is -2.09. The summed E-state index contributed by atoms with van der Waals surface area (Å²) < 4.78 is 5.82. The van der Waals surface area contributed by atoms with E-state index in [1.54, 1.807) is 6.20 Å². The highest BCUT2D eigenvalue weighted by Crippen LogP contribution is 2.16. The molecule has 20 heavy (non-hydrogen) atoms. The van der Waals surface area contributed by atoms with Crippen molar-refractivity contribution < 1.29 is 4.74 Å². The molecule has 1 N–H and O–H groups in total. The number of nitrogens with one attached hydrogen (secondary N) is 1. The zero-order chi connectivity index (χ0) is 14.2. The fourth-order valence-electron chi connectivity index (χ4n) is 2.02. The van der Waals surface area contributed by atoms with Gasteiger partial charge in [0.05, 0.1) is 5.69 Å². The summed E-state index contributed by atoms with van der Waals surface area (Å²) >= 11 is 0. The Kier molecular flexibility index (Phi) is 5.56. The van der Waals surface area contributed by atoms with Gasteiger partial charge in [0.1, 0.15) is 12.4 Å². The van der Waals surface area contributed by atoms with E-state index in [-0.39, 0.29) is 0 Å². The van der Waals surface area contributed by atoms with Crippen LogP contribution in [-0.4, -0.2) is 11.5 Å². The van der Waals surface area contributed by atoms with Crippen LogP contribution in [-0.2, 0) is 13.2 Å². The molecule has 3 heteroatoms. The van der Waals surface area contributed by atoms with Gasteiger partial charge in [0.2, 0.25) is 0 Å². The molecule has 1 aromatic carbocycles. The van der Waals surface area contributed by atoms with Crippen molar-refractivity contribution in [3.63, 3.8) is 0 Å². The topological polar surface area (TPSA) is 34.1 Å². The van der Waals surface area contributed by atoms with E-state index >= 15 is 0 Å². The Balaban J connectivity index is 1.93. The molecule has 0 fully saturated rings. The molecule has 0 radical (unpaired) electrons. The average molecular weight is 270 g/mol. The number of hydrogen-bond donors (Lipinski definition) is 1. The van der Waals surface area contributed by atoms with Gasteiger partial charge in [0.25, 0.3) is 0 Å². The highest BCUT2D eigenvalue weighted by Gasteiger charge is 2.01. The van der Waals surface area contributed by atoms with Crippen LogP contribution in [0.3, 0.4) is 0 Å². The Morgan fingerprint density at radius 2 is 2.00 bits per heavy atom. The molecule has 2 rings (SSSR count). The second kappa shape index (κ2) is 7.65. The number of rotatable bonds is 7. The lowest BCUT2D eigenvalue weighted by Crippen LogP contribution is -2.13. The van der Waals surface area contributed by atoms with Crippen LogP contribution in [0.2, 0.25) is 0 Å². The van der Waals surface area contributed by atoms with Crippen molar-refractivity contribution in [2.24, 2.45) is 0 Å². The summed E-state index contributed by atoms with van der Waals surface area (Å²) in [5, 5.41) is 3.41. The molecule has 0 aliphatic carbocycles. The fourth-order valence-corrected chi connectivity index (χ4v) is 2.02. The number of aromatic nitrogens is 1. The van der Waals surface area contributed by atoms with Crippen molar-refractivity contribution in [2.75, 3.05) is 6.54 Å². The molecule has 0 bridgehead atoms. The highest BCUT2D eigenvalue weighted by atomic mass is 16.5. The normalized spacial score (nSPS) is 10.5. The van der Waals surface area contributed by atoms with Gasteiger partial charge in [0, 0.05) is 12.7 Å². The third-order valence-corrected chi connectivity index (χ3v) is 3.10. The van der Waals surface area contributed by atoms with Crippen molar-refractivity contribution in [3.8, 4) is 5.75 Å². The van der Waals surface area contributed by atoms with E-state index in [1.807, 2.05) is 19.1 Å². The molecule has 0 saturated heterocycles. The van der Waals surface area contributed by atoms with Gasteiger partial charge in [-0.3, -0.25) is 4.98 Å². The predicted octanol–water partition coefficient (Wildman–Crippen LogP) is 3.47. The first kappa shape index (κ1) is 14.5. The van der Waals surface area contributed by atoms with Crippen molar-refractivity contribution in [3.05, 3.63) is 59.4 Å². The number of aryl methyl sites for hydroxylation is 1. The summed E-state index contributed by atoms with van der Waals surface area (Å²) in [4.78, 5) is 4.22. The predicted molar refractivity (Wildman–Crippen MR) is 81.7 cm³/mol. The second-order valence-corrected chi connectivity index (χ2v) is 4.87. The molecule has 0 aliphatic heterocycles. The maximum Gasteiger partial charge on any atom is 0.141 e. The number of benzene rings is 1. The van der Waals surface area contributed by atoms with E-state index in [4.69, 9.17) is 4.74 Å². The monoisotopic (exact) mass is 270 g/mol. The molecule has 0 unspecified atom stereocenters. The minimum absolute atomic E-state index is 0.578. The molecular formula is C17H22N2O. The largest absolute Gasteiger partial charge is 0.487 e. The third-order valence-electron chi connectivity index (χ3n) is 3.10. The van der Waals surface area contributed by atoms with Gasteiger partial charge in [-0.05, 0) is 43.1 Å². The highest BCUT2D eigenvalue weighted by molar-refractivity contribution is 5.27. The van der Waals surface area contributed by atoms with E-state index in [2.05, 4.69) is 41.5 Å². The SMILES string of the molecule is CCCNCc1cccc(COc2cccnc2C)c1. The molecule has 0 aliphatic rings. The van der Waals surface area contributed by atoms with E-state index in [0.29, 0.717) is 6.61 Å². The van der Waals surface area contributed by atoms with Gasteiger partial charge in [0.15, 0.2) is 0 Å². The van der Waals surface area contributed by atoms with E-state index in [1.165, 1.54) is 11.1 Å². The van der Waals surface area contributed by atoms with Gasteiger partial charge in [-0.2, -0.15) is 0 Å². The number of ether oxygens (including phenoxy) is 1. The summed E-state index contributed by atoms with van der Waals surface area (Å²) in [6, 6.07) is 12.4. The Bertz CT molecular complexity index is 540. The standard InChI is InChI=1S/C17H22N2O/c1-3-9-18-12-15-6-4-7-16(11-15)13-20-17-8-5-10-19-14(17)2/h4-8,10-11,18H,3,9,12-13H2,1-2H3. The lowest BCUT2D eigenvalue weighted by atomic mass is 10.1. The molecular weight excluding hydrogens is 248 g/mol. The van der Waals surface area contributed by atoms with E-state index in [0.717, 1.165) is 31.0 Å². The number of hydrogen-bond acceptors (Lipinski definition) is 3. The third kappa shape index (κ3) is 4.35. The molecule has 0 amide bonds. The zero-order valence-electron chi connectivity index (χ0n) is 12.2. The van der Waals surface area contributed by atoms with Gasteiger partial charge < -0.3 is 10.1 Å². The van der Waals surface area contributed by atoms with Crippen molar-refractivity contribution in [1.82, 2.24) is 10.3 Å². The molecule has 106 valence electrons. The molecule has 1 aromatic heterocycles. The van der Waals surface area contributed by atoms with E-state index < -0.39 is 0 Å². The second-order valence-electron chi connectivity index (χ2n) is 4.87. The smallest absolute Gasteiger partial charge is 0.141 e. The Morgan fingerprint density at radius 3 is 2.80 bits per heavy atom. The van der Waals surface area contributed by atoms with Crippen LogP contribution in [0.25, 0.3) is 0 Å². The van der Waals surface area contributed by atoms with E-state index in [9.17, 15) is 0 Å². The van der Waals surface area contributed by atoms with Crippen molar-refractivity contribution in [2.45, 2.75) is 33.4 Å². The number of pyridine rings is 1. The van der Waals surface area contributed by atoms with Crippen LogP contribution in [0.1, 0.15) is 30.2 Å². The Morgan fingerprint density at radius 1 is 1.15 bits per heavy atom. The Hall–Kier alpha value is -1.87. The van der Waals surface area contributed by atoms with Gasteiger partial charge >= 0.3 is 0 Å². The summed E-state index contributed by atoms with van der Waals surface area (Å²) in [6.45, 7) is 6.67. The molecule has 1 heterocycles. The maximum atomic E-state index is 5.82. The lowest BCUT2D eigenvalue weighted by molar-refractivity contribution is 0.302. The van der Waals surface area contributed by atoms with Gasteiger partial charge in [-0.15, -0.1) is 0 Å². The van der Waals surface area contributed by atoms with Crippen LogP contribution >= 0.6 is 0 Å². The minimum atomic E-state index is 0.578. The van der Waals surface area contributed by atoms with Crippen LogP contribution in [0.4, 0.5) is 0 Å². The van der Waals surface area contributed by atoms with Crippen LogP contribution < -0.4 is 10.1 Å². The average Bonchev–Trinajstić information content (AvgIpc) is 2.47. The Labute approximate surface area is 121 Å². The van der Waals surface area contributed by atoms with Crippen molar-refractivity contribution in [1.29, 1.82) is 0 Å². The first-order chi connectivity index (χ1) is 9.79. The molecule has 0 spiro atoms. The quantitative estimate of drug-likeness (QED) is 0.782. The molecule has 0 saturated carbocycles. The first-order valence-electron chi connectivity index (χ1n) is 7.12. The van der Waals surface area contributed by atoms with Crippen molar-refractivity contribution >= 4 is 0 Å². The summed E-state index contributed by atoms with van der Waals surface area (Å²) in [6.07, 6.45) is 2.94. The van der Waals surface area contributed by atoms with Crippen LogP contribution in [0.5, 0.6) is 5.75 Å². The van der Waals surface area contributed by atoms with Gasteiger partial charge in [-0.25, -0.2) is 0 Å². The summed E-state index contributed by atoms with van der Waals surface area (Å²) in [5.74, 6) is 0.849. The molecule has 2 aromatic rings. The van der Waals surface area contributed by atoms with Gasteiger partial charge in [-0.1, -0.05) is 31.2 Å². The van der Waals surface area contributed by atoms with Crippen LogP contribution in [0, 0.1) is 6.92 Å². The minimum Gasteiger partial charge on any atom is -0.487 e. The zero-order valence-corrected chi connectivity index (χ0v) is 12.2. The summed E-state index contributed by atoms with van der Waals surface area (Å²) in [7, 11) is 0.